The molecule has 0 atom stereocenters. The zero-order valence-corrected chi connectivity index (χ0v) is 12.5. The summed E-state index contributed by atoms with van der Waals surface area (Å²) in [6.45, 7) is 3.98. The number of hydrogen-bond donors (Lipinski definition) is 1. The molecule has 0 saturated heterocycles. The quantitative estimate of drug-likeness (QED) is 0.876. The van der Waals surface area contributed by atoms with Crippen molar-refractivity contribution in [3.05, 3.63) is 35.4 Å². The van der Waals surface area contributed by atoms with Gasteiger partial charge in [0.1, 0.15) is 10.8 Å². The number of ether oxygens (including phenoxy) is 2. The van der Waals surface area contributed by atoms with Gasteiger partial charge in [0.2, 0.25) is 0 Å². The molecule has 106 valence electrons. The van der Waals surface area contributed by atoms with Crippen molar-refractivity contribution < 1.29 is 14.3 Å². The number of nitrogen functional groups attached to an aromatic ring is 1. The van der Waals surface area contributed by atoms with Crippen molar-refractivity contribution in [2.45, 2.75) is 13.8 Å². The topological polar surface area (TPSA) is 61.5 Å². The van der Waals surface area contributed by atoms with Crippen LogP contribution in [-0.2, 0) is 4.74 Å². The van der Waals surface area contributed by atoms with Crippen LogP contribution in [-0.4, -0.2) is 19.7 Å². The number of carbonyl (C=O) groups is 1. The van der Waals surface area contributed by atoms with Gasteiger partial charge in [0.05, 0.1) is 19.3 Å². The monoisotopic (exact) mass is 291 g/mol. The Morgan fingerprint density at radius 3 is 2.70 bits per heavy atom. The Balaban J connectivity index is 2.54. The normalized spacial score (nSPS) is 10.3. The lowest BCUT2D eigenvalue weighted by Crippen LogP contribution is -2.07. The van der Waals surface area contributed by atoms with Gasteiger partial charge in [0, 0.05) is 10.4 Å². The molecule has 0 aliphatic heterocycles. The summed E-state index contributed by atoms with van der Waals surface area (Å²) in [7, 11) is 1.62. The molecule has 2 rings (SSSR count). The number of anilines is 1. The number of thiophene rings is 1. The zero-order valence-electron chi connectivity index (χ0n) is 11.7. The van der Waals surface area contributed by atoms with E-state index in [9.17, 15) is 4.79 Å². The van der Waals surface area contributed by atoms with Crippen LogP contribution in [0.3, 0.4) is 0 Å². The lowest BCUT2D eigenvalue weighted by molar-refractivity contribution is 0.0527. The first-order valence-corrected chi connectivity index (χ1v) is 7.11. The second kappa shape index (κ2) is 5.96. The summed E-state index contributed by atoms with van der Waals surface area (Å²) in [5, 5.41) is 0.474. The number of hydrogen-bond acceptors (Lipinski definition) is 5. The van der Waals surface area contributed by atoms with Crippen LogP contribution in [0.5, 0.6) is 5.75 Å². The summed E-state index contributed by atoms with van der Waals surface area (Å²) in [6, 6.07) is 7.67. The van der Waals surface area contributed by atoms with Crippen LogP contribution in [0.15, 0.2) is 24.3 Å². The van der Waals surface area contributed by atoms with Crippen LogP contribution in [0.2, 0.25) is 0 Å². The molecule has 20 heavy (non-hydrogen) atoms. The smallest absolute Gasteiger partial charge is 0.341 e. The lowest BCUT2D eigenvalue weighted by Gasteiger charge is -2.07. The maximum absolute atomic E-state index is 12.0. The molecule has 0 bridgehead atoms. The molecule has 0 radical (unpaired) electrons. The van der Waals surface area contributed by atoms with E-state index in [1.54, 1.807) is 14.0 Å². The second-order valence-electron chi connectivity index (χ2n) is 4.22. The van der Waals surface area contributed by atoms with E-state index in [2.05, 4.69) is 0 Å². The highest BCUT2D eigenvalue weighted by molar-refractivity contribution is 7.20. The fourth-order valence-corrected chi connectivity index (χ4v) is 3.17. The molecule has 2 aromatic rings. The largest absolute Gasteiger partial charge is 0.496 e. The van der Waals surface area contributed by atoms with E-state index in [4.69, 9.17) is 15.2 Å². The van der Waals surface area contributed by atoms with Crippen molar-refractivity contribution in [3.8, 4) is 16.2 Å². The molecule has 1 aromatic carbocycles. The molecular formula is C15H17NO3S. The van der Waals surface area contributed by atoms with Gasteiger partial charge >= 0.3 is 5.97 Å². The third-order valence-corrected chi connectivity index (χ3v) is 4.16. The Kier molecular flexibility index (Phi) is 4.29. The average Bonchev–Trinajstić information content (AvgIpc) is 2.74. The first-order valence-electron chi connectivity index (χ1n) is 6.29. The second-order valence-corrected chi connectivity index (χ2v) is 5.27. The molecule has 0 spiro atoms. The minimum Gasteiger partial charge on any atom is -0.496 e. The van der Waals surface area contributed by atoms with Gasteiger partial charge in [0.15, 0.2) is 0 Å². The van der Waals surface area contributed by atoms with E-state index < -0.39 is 0 Å². The minimum atomic E-state index is -0.375. The number of carbonyl (C=O) groups excluding carboxylic acids is 1. The van der Waals surface area contributed by atoms with Gasteiger partial charge in [0.25, 0.3) is 0 Å². The minimum absolute atomic E-state index is 0.331. The summed E-state index contributed by atoms with van der Waals surface area (Å²) in [5.74, 6) is 0.382. The van der Waals surface area contributed by atoms with Crippen molar-refractivity contribution in [2.24, 2.45) is 0 Å². The highest BCUT2D eigenvalue weighted by Crippen LogP contribution is 2.42. The first kappa shape index (κ1) is 14.4. The van der Waals surface area contributed by atoms with E-state index >= 15 is 0 Å². The molecular weight excluding hydrogens is 274 g/mol. The van der Waals surface area contributed by atoms with Crippen LogP contribution in [0.25, 0.3) is 10.4 Å². The molecule has 4 nitrogen and oxygen atoms in total. The van der Waals surface area contributed by atoms with E-state index in [0.29, 0.717) is 17.2 Å². The molecule has 0 aliphatic rings. The molecule has 0 amide bonds. The number of rotatable bonds is 4. The summed E-state index contributed by atoms with van der Waals surface area (Å²) in [4.78, 5) is 12.9. The van der Waals surface area contributed by atoms with Crippen molar-refractivity contribution in [2.75, 3.05) is 19.5 Å². The van der Waals surface area contributed by atoms with Crippen LogP contribution >= 0.6 is 11.3 Å². The van der Waals surface area contributed by atoms with Gasteiger partial charge in [-0.05, 0) is 31.5 Å². The molecule has 0 saturated carbocycles. The Morgan fingerprint density at radius 2 is 2.05 bits per heavy atom. The fraction of sp³-hybridized carbons (Fsp3) is 0.267. The van der Waals surface area contributed by atoms with Gasteiger partial charge in [-0.25, -0.2) is 4.79 Å². The third-order valence-electron chi connectivity index (χ3n) is 3.01. The molecule has 5 heteroatoms. The van der Waals surface area contributed by atoms with Crippen LogP contribution in [0.1, 0.15) is 22.8 Å². The van der Waals surface area contributed by atoms with Crippen molar-refractivity contribution in [1.82, 2.24) is 0 Å². The highest BCUT2D eigenvalue weighted by atomic mass is 32.1. The summed E-state index contributed by atoms with van der Waals surface area (Å²) in [6.07, 6.45) is 0. The standard InChI is InChI=1S/C15H17NO3S/c1-4-19-15(17)12-9(2)13(20-14(12)16)10-7-5-6-8-11(10)18-3/h5-8H,4,16H2,1-3H3. The maximum atomic E-state index is 12.0. The van der Waals surface area contributed by atoms with Gasteiger partial charge in [-0.3, -0.25) is 0 Å². The first-order chi connectivity index (χ1) is 9.60. The molecule has 2 N–H and O–H groups in total. The Bertz CT molecular complexity index is 634. The van der Waals surface area contributed by atoms with Gasteiger partial charge < -0.3 is 15.2 Å². The number of methoxy groups -OCH3 is 1. The highest BCUT2D eigenvalue weighted by Gasteiger charge is 2.22. The molecule has 0 fully saturated rings. The summed E-state index contributed by atoms with van der Waals surface area (Å²) < 4.78 is 10.4. The van der Waals surface area contributed by atoms with Crippen molar-refractivity contribution in [1.29, 1.82) is 0 Å². The Hall–Kier alpha value is -2.01. The van der Waals surface area contributed by atoms with E-state index in [0.717, 1.165) is 21.8 Å². The van der Waals surface area contributed by atoms with Crippen molar-refractivity contribution >= 4 is 22.3 Å². The van der Waals surface area contributed by atoms with Crippen molar-refractivity contribution in [3.63, 3.8) is 0 Å². The molecule has 1 aromatic heterocycles. The molecule has 1 heterocycles. The predicted molar refractivity (Wildman–Crippen MR) is 81.4 cm³/mol. The maximum Gasteiger partial charge on any atom is 0.341 e. The predicted octanol–water partition coefficient (Wildman–Crippen LogP) is 3.49. The Labute approximate surface area is 122 Å². The summed E-state index contributed by atoms with van der Waals surface area (Å²) in [5.41, 5.74) is 8.19. The molecule has 0 unspecified atom stereocenters. The van der Waals surface area contributed by atoms with Gasteiger partial charge in [-0.1, -0.05) is 12.1 Å². The van der Waals surface area contributed by atoms with Crippen LogP contribution < -0.4 is 10.5 Å². The molecule has 0 aliphatic carbocycles. The number of benzene rings is 1. The van der Waals surface area contributed by atoms with E-state index in [1.165, 1.54) is 11.3 Å². The Morgan fingerprint density at radius 1 is 1.35 bits per heavy atom. The third kappa shape index (κ3) is 2.49. The van der Waals surface area contributed by atoms with E-state index in [-0.39, 0.29) is 5.97 Å². The van der Waals surface area contributed by atoms with Crippen LogP contribution in [0.4, 0.5) is 5.00 Å². The van der Waals surface area contributed by atoms with Gasteiger partial charge in [-0.15, -0.1) is 11.3 Å². The number of nitrogens with two attached hydrogens (primary N) is 1. The van der Waals surface area contributed by atoms with E-state index in [1.807, 2.05) is 31.2 Å². The number of esters is 1. The van der Waals surface area contributed by atoms with Crippen LogP contribution in [0, 0.1) is 6.92 Å². The average molecular weight is 291 g/mol. The zero-order chi connectivity index (χ0) is 14.7. The summed E-state index contributed by atoms with van der Waals surface area (Å²) >= 11 is 1.37. The SMILES string of the molecule is CCOC(=O)c1c(N)sc(-c2ccccc2OC)c1C. The lowest BCUT2D eigenvalue weighted by atomic mass is 10.1. The fourth-order valence-electron chi connectivity index (χ4n) is 2.08. The number of para-hydroxylation sites is 1. The van der Waals surface area contributed by atoms with Gasteiger partial charge in [-0.2, -0.15) is 0 Å².